The van der Waals surface area contributed by atoms with Crippen LogP contribution in [0.3, 0.4) is 0 Å². The van der Waals surface area contributed by atoms with Crippen molar-refractivity contribution in [1.82, 2.24) is 14.5 Å². The van der Waals surface area contributed by atoms with Gasteiger partial charge in [-0.05, 0) is 33.2 Å². The molecule has 0 spiro atoms. The van der Waals surface area contributed by atoms with Crippen molar-refractivity contribution in [3.8, 4) is 0 Å². The highest BCUT2D eigenvalue weighted by Gasteiger charge is 2.03. The summed E-state index contributed by atoms with van der Waals surface area (Å²) in [6.07, 6.45) is 5.89. The van der Waals surface area contributed by atoms with Crippen LogP contribution in [0.15, 0.2) is 17.2 Å². The Balaban J connectivity index is 2.37. The van der Waals surface area contributed by atoms with E-state index >= 15 is 0 Å². The smallest absolute Gasteiger partial charge is 0.315 e. The first kappa shape index (κ1) is 13.0. The summed E-state index contributed by atoms with van der Waals surface area (Å²) in [4.78, 5) is 11.7. The minimum atomic E-state index is 0.110. The minimum Gasteiger partial charge on any atom is -0.315 e. The van der Waals surface area contributed by atoms with Crippen molar-refractivity contribution in [2.75, 3.05) is 6.54 Å². The molecule has 0 aliphatic heterocycles. The van der Waals surface area contributed by atoms with E-state index in [1.165, 1.54) is 0 Å². The molecule has 4 heteroatoms. The van der Waals surface area contributed by atoms with Gasteiger partial charge in [-0.15, -0.1) is 0 Å². The van der Waals surface area contributed by atoms with Gasteiger partial charge in [-0.1, -0.05) is 6.92 Å². The standard InChI is InChI=1S/C12H23N3O/c1-4-13-11(3)7-6-8-15-10-9-14(5-2)12(15)16/h9-11,13H,4-8H2,1-3H3. The van der Waals surface area contributed by atoms with Gasteiger partial charge in [0.15, 0.2) is 0 Å². The maximum absolute atomic E-state index is 11.7. The highest BCUT2D eigenvalue weighted by Crippen LogP contribution is 1.98. The summed E-state index contributed by atoms with van der Waals surface area (Å²) in [7, 11) is 0. The largest absolute Gasteiger partial charge is 0.328 e. The zero-order chi connectivity index (χ0) is 12.0. The molecule has 0 amide bonds. The molecule has 0 aromatic carbocycles. The molecule has 0 fully saturated rings. The zero-order valence-corrected chi connectivity index (χ0v) is 10.6. The molecular weight excluding hydrogens is 202 g/mol. The predicted molar refractivity (Wildman–Crippen MR) is 66.7 cm³/mol. The van der Waals surface area contributed by atoms with Gasteiger partial charge in [0.1, 0.15) is 0 Å². The lowest BCUT2D eigenvalue weighted by Gasteiger charge is -2.11. The lowest BCUT2D eigenvalue weighted by Crippen LogP contribution is -2.27. The van der Waals surface area contributed by atoms with Crippen molar-refractivity contribution in [1.29, 1.82) is 0 Å². The molecule has 0 radical (unpaired) electrons. The van der Waals surface area contributed by atoms with Crippen LogP contribution < -0.4 is 11.0 Å². The van der Waals surface area contributed by atoms with Crippen molar-refractivity contribution in [2.45, 2.75) is 52.7 Å². The number of aromatic nitrogens is 2. The van der Waals surface area contributed by atoms with Crippen LogP contribution in [-0.2, 0) is 13.1 Å². The molecule has 1 aromatic rings. The molecule has 16 heavy (non-hydrogen) atoms. The number of hydrogen-bond donors (Lipinski definition) is 1. The summed E-state index contributed by atoms with van der Waals surface area (Å²) in [6.45, 7) is 8.86. The number of nitrogens with zero attached hydrogens (tertiary/aromatic N) is 2. The maximum atomic E-state index is 11.7. The van der Waals surface area contributed by atoms with Crippen LogP contribution in [0.1, 0.15) is 33.6 Å². The van der Waals surface area contributed by atoms with E-state index in [0.29, 0.717) is 6.04 Å². The first-order chi connectivity index (χ1) is 7.69. The van der Waals surface area contributed by atoms with Crippen LogP contribution in [0.4, 0.5) is 0 Å². The van der Waals surface area contributed by atoms with Crippen LogP contribution in [0.2, 0.25) is 0 Å². The molecule has 1 heterocycles. The Morgan fingerprint density at radius 2 is 2.00 bits per heavy atom. The number of rotatable bonds is 7. The Labute approximate surface area is 97.3 Å². The van der Waals surface area contributed by atoms with Gasteiger partial charge in [-0.2, -0.15) is 0 Å². The van der Waals surface area contributed by atoms with Crippen LogP contribution in [-0.4, -0.2) is 21.7 Å². The maximum Gasteiger partial charge on any atom is 0.328 e. The SMILES string of the molecule is CCNC(C)CCCn1ccn(CC)c1=O. The number of imidazole rings is 1. The van der Waals surface area contributed by atoms with E-state index in [4.69, 9.17) is 0 Å². The summed E-state index contributed by atoms with van der Waals surface area (Å²) in [6, 6.07) is 0.536. The highest BCUT2D eigenvalue weighted by molar-refractivity contribution is 4.81. The van der Waals surface area contributed by atoms with Gasteiger partial charge >= 0.3 is 5.69 Å². The van der Waals surface area contributed by atoms with Gasteiger partial charge in [0.05, 0.1) is 0 Å². The Morgan fingerprint density at radius 3 is 2.56 bits per heavy atom. The van der Waals surface area contributed by atoms with Crippen LogP contribution in [0.5, 0.6) is 0 Å². The third-order valence-corrected chi connectivity index (χ3v) is 2.85. The van der Waals surface area contributed by atoms with Crippen LogP contribution >= 0.6 is 0 Å². The first-order valence-electron chi connectivity index (χ1n) is 6.18. The molecule has 1 atom stereocenters. The molecule has 4 nitrogen and oxygen atoms in total. The van der Waals surface area contributed by atoms with E-state index in [-0.39, 0.29) is 5.69 Å². The van der Waals surface area contributed by atoms with E-state index < -0.39 is 0 Å². The number of aryl methyl sites for hydroxylation is 2. The fourth-order valence-corrected chi connectivity index (χ4v) is 1.88. The predicted octanol–water partition coefficient (Wildman–Crippen LogP) is 1.45. The Hall–Kier alpha value is -1.03. The van der Waals surface area contributed by atoms with Gasteiger partial charge in [0, 0.05) is 31.5 Å². The van der Waals surface area contributed by atoms with E-state index in [9.17, 15) is 4.79 Å². The minimum absolute atomic E-state index is 0.110. The summed E-state index contributed by atoms with van der Waals surface area (Å²) in [5.74, 6) is 0. The average molecular weight is 225 g/mol. The van der Waals surface area contributed by atoms with Gasteiger partial charge in [-0.25, -0.2) is 4.79 Å². The molecule has 0 saturated carbocycles. The number of hydrogen-bond acceptors (Lipinski definition) is 2. The topological polar surface area (TPSA) is 39.0 Å². The van der Waals surface area contributed by atoms with E-state index in [1.807, 2.05) is 19.3 Å². The molecule has 1 unspecified atom stereocenters. The van der Waals surface area contributed by atoms with E-state index in [0.717, 1.165) is 32.5 Å². The molecule has 0 bridgehead atoms. The molecule has 1 N–H and O–H groups in total. The van der Waals surface area contributed by atoms with Crippen molar-refractivity contribution >= 4 is 0 Å². The fourth-order valence-electron chi connectivity index (χ4n) is 1.88. The highest BCUT2D eigenvalue weighted by atomic mass is 16.1. The van der Waals surface area contributed by atoms with Crippen molar-refractivity contribution < 1.29 is 0 Å². The summed E-state index contributed by atoms with van der Waals surface area (Å²) in [5, 5.41) is 3.37. The van der Waals surface area contributed by atoms with Crippen LogP contribution in [0, 0.1) is 0 Å². The lowest BCUT2D eigenvalue weighted by molar-refractivity contribution is 0.480. The molecule has 92 valence electrons. The van der Waals surface area contributed by atoms with E-state index in [1.54, 1.807) is 9.13 Å². The molecule has 0 saturated heterocycles. The Morgan fingerprint density at radius 1 is 1.31 bits per heavy atom. The van der Waals surface area contributed by atoms with Gasteiger partial charge in [0.2, 0.25) is 0 Å². The molecule has 1 rings (SSSR count). The molecule has 1 aromatic heterocycles. The fraction of sp³-hybridized carbons (Fsp3) is 0.750. The van der Waals surface area contributed by atoms with Crippen molar-refractivity contribution in [3.63, 3.8) is 0 Å². The normalized spacial score (nSPS) is 12.9. The monoisotopic (exact) mass is 225 g/mol. The first-order valence-corrected chi connectivity index (χ1v) is 6.18. The third-order valence-electron chi connectivity index (χ3n) is 2.85. The van der Waals surface area contributed by atoms with Crippen LogP contribution in [0.25, 0.3) is 0 Å². The Kier molecular flexibility index (Phi) is 5.32. The van der Waals surface area contributed by atoms with Crippen molar-refractivity contribution in [2.24, 2.45) is 0 Å². The molecule has 0 aliphatic carbocycles. The summed E-state index contributed by atoms with van der Waals surface area (Å²) >= 11 is 0. The van der Waals surface area contributed by atoms with Gasteiger partial charge < -0.3 is 5.32 Å². The third kappa shape index (κ3) is 3.52. The second-order valence-corrected chi connectivity index (χ2v) is 4.16. The van der Waals surface area contributed by atoms with E-state index in [2.05, 4.69) is 19.2 Å². The van der Waals surface area contributed by atoms with Gasteiger partial charge in [-0.3, -0.25) is 9.13 Å². The van der Waals surface area contributed by atoms with Gasteiger partial charge in [0.25, 0.3) is 0 Å². The molecule has 0 aliphatic rings. The second-order valence-electron chi connectivity index (χ2n) is 4.16. The second kappa shape index (κ2) is 6.53. The lowest BCUT2D eigenvalue weighted by atomic mass is 10.2. The number of nitrogens with one attached hydrogen (secondary N) is 1. The quantitative estimate of drug-likeness (QED) is 0.763. The Bertz CT molecular complexity index is 353. The summed E-state index contributed by atoms with van der Waals surface area (Å²) < 4.78 is 3.52. The zero-order valence-electron chi connectivity index (χ0n) is 10.6. The van der Waals surface area contributed by atoms with Crippen molar-refractivity contribution in [3.05, 3.63) is 22.9 Å². The summed E-state index contributed by atoms with van der Waals surface area (Å²) in [5.41, 5.74) is 0.110. The average Bonchev–Trinajstić information content (AvgIpc) is 2.60. The molecular formula is C12H23N3O.